The van der Waals surface area contributed by atoms with Crippen molar-refractivity contribution in [3.8, 4) is 5.75 Å². The summed E-state index contributed by atoms with van der Waals surface area (Å²) in [6.07, 6.45) is 6.42. The molecule has 2 nitrogen and oxygen atoms in total. The van der Waals surface area contributed by atoms with Gasteiger partial charge >= 0.3 is 0 Å². The van der Waals surface area contributed by atoms with Gasteiger partial charge in [0.15, 0.2) is 0 Å². The van der Waals surface area contributed by atoms with E-state index in [1.165, 1.54) is 19.3 Å². The lowest BCUT2D eigenvalue weighted by molar-refractivity contribution is 0.0101. The van der Waals surface area contributed by atoms with Crippen LogP contribution in [-0.2, 0) is 6.42 Å². The standard InChI is InChI=1S/C16H23BrO2/c1-16(8-4-3-5-9-16)15(18)11-12-10-13(17)6-7-14(12)19-2/h6-7,10,15,18H,3-5,8-9,11H2,1-2H3. The fourth-order valence-electron chi connectivity index (χ4n) is 3.05. The van der Waals surface area contributed by atoms with Crippen LogP contribution in [0, 0.1) is 5.41 Å². The van der Waals surface area contributed by atoms with Crippen molar-refractivity contribution in [2.24, 2.45) is 5.41 Å². The largest absolute Gasteiger partial charge is 0.496 e. The van der Waals surface area contributed by atoms with E-state index in [4.69, 9.17) is 4.74 Å². The molecule has 106 valence electrons. The van der Waals surface area contributed by atoms with Gasteiger partial charge in [-0.05, 0) is 42.0 Å². The first-order valence-corrected chi connectivity index (χ1v) is 7.85. The number of hydrogen-bond donors (Lipinski definition) is 1. The maximum absolute atomic E-state index is 10.6. The fourth-order valence-corrected chi connectivity index (χ4v) is 3.46. The minimum Gasteiger partial charge on any atom is -0.496 e. The summed E-state index contributed by atoms with van der Waals surface area (Å²) in [6, 6.07) is 5.97. The first-order valence-electron chi connectivity index (χ1n) is 7.06. The lowest BCUT2D eigenvalue weighted by Gasteiger charge is -2.38. The van der Waals surface area contributed by atoms with Crippen LogP contribution in [0.3, 0.4) is 0 Å². The number of benzene rings is 1. The Balaban J connectivity index is 2.13. The molecule has 0 amide bonds. The second-order valence-electron chi connectivity index (χ2n) is 5.89. The lowest BCUT2D eigenvalue weighted by atomic mass is 9.70. The Morgan fingerprint density at radius 3 is 2.63 bits per heavy atom. The van der Waals surface area contributed by atoms with Crippen molar-refractivity contribution >= 4 is 15.9 Å². The molecule has 2 rings (SSSR count). The van der Waals surface area contributed by atoms with Gasteiger partial charge in [0.1, 0.15) is 5.75 Å². The molecule has 0 saturated heterocycles. The van der Waals surface area contributed by atoms with Crippen LogP contribution in [-0.4, -0.2) is 18.3 Å². The summed E-state index contributed by atoms with van der Waals surface area (Å²) in [6.45, 7) is 2.22. The summed E-state index contributed by atoms with van der Waals surface area (Å²) in [5, 5.41) is 10.6. The Hall–Kier alpha value is -0.540. The summed E-state index contributed by atoms with van der Waals surface area (Å²) in [7, 11) is 1.68. The summed E-state index contributed by atoms with van der Waals surface area (Å²) in [5.74, 6) is 0.863. The van der Waals surface area contributed by atoms with Gasteiger partial charge in [0.05, 0.1) is 13.2 Å². The molecule has 1 fully saturated rings. The van der Waals surface area contributed by atoms with E-state index >= 15 is 0 Å². The van der Waals surface area contributed by atoms with Crippen molar-refractivity contribution in [2.45, 2.75) is 51.6 Å². The molecule has 1 aliphatic carbocycles. The highest BCUT2D eigenvalue weighted by atomic mass is 79.9. The predicted octanol–water partition coefficient (Wildman–Crippen LogP) is 4.33. The number of aliphatic hydroxyl groups excluding tert-OH is 1. The molecule has 1 aliphatic rings. The second kappa shape index (κ2) is 6.27. The maximum Gasteiger partial charge on any atom is 0.122 e. The van der Waals surface area contributed by atoms with Gasteiger partial charge in [0.25, 0.3) is 0 Å². The van der Waals surface area contributed by atoms with Gasteiger partial charge in [-0.3, -0.25) is 0 Å². The molecule has 3 heteroatoms. The Kier molecular flexibility index (Phi) is 4.91. The monoisotopic (exact) mass is 326 g/mol. The zero-order valence-corrected chi connectivity index (χ0v) is 13.4. The molecule has 1 aromatic carbocycles. The van der Waals surface area contributed by atoms with Gasteiger partial charge in [0, 0.05) is 10.9 Å². The molecule has 1 atom stereocenters. The van der Waals surface area contributed by atoms with Crippen LogP contribution in [0.5, 0.6) is 5.75 Å². The van der Waals surface area contributed by atoms with Gasteiger partial charge in [-0.1, -0.05) is 42.1 Å². The Bertz CT molecular complexity index is 425. The van der Waals surface area contributed by atoms with Gasteiger partial charge in [-0.15, -0.1) is 0 Å². The Morgan fingerprint density at radius 1 is 1.32 bits per heavy atom. The van der Waals surface area contributed by atoms with Crippen molar-refractivity contribution in [1.82, 2.24) is 0 Å². The van der Waals surface area contributed by atoms with E-state index in [-0.39, 0.29) is 11.5 Å². The quantitative estimate of drug-likeness (QED) is 0.892. The fraction of sp³-hybridized carbons (Fsp3) is 0.625. The number of ether oxygens (including phenoxy) is 1. The minimum absolute atomic E-state index is 0.0611. The minimum atomic E-state index is -0.295. The third kappa shape index (κ3) is 3.51. The summed E-state index contributed by atoms with van der Waals surface area (Å²) >= 11 is 3.49. The van der Waals surface area contributed by atoms with Crippen LogP contribution in [0.15, 0.2) is 22.7 Å². The van der Waals surface area contributed by atoms with E-state index in [0.29, 0.717) is 6.42 Å². The number of halogens is 1. The SMILES string of the molecule is COc1ccc(Br)cc1CC(O)C1(C)CCCCC1. The number of aliphatic hydroxyl groups is 1. The molecule has 0 spiro atoms. The molecule has 0 radical (unpaired) electrons. The van der Waals surface area contributed by atoms with Gasteiger partial charge in [0.2, 0.25) is 0 Å². The highest BCUT2D eigenvalue weighted by Gasteiger charge is 2.34. The molecule has 1 aromatic rings. The predicted molar refractivity (Wildman–Crippen MR) is 81.6 cm³/mol. The molecule has 1 N–H and O–H groups in total. The van der Waals surface area contributed by atoms with E-state index in [1.807, 2.05) is 18.2 Å². The van der Waals surface area contributed by atoms with E-state index in [1.54, 1.807) is 7.11 Å². The number of rotatable bonds is 4. The van der Waals surface area contributed by atoms with Crippen molar-refractivity contribution in [3.05, 3.63) is 28.2 Å². The van der Waals surface area contributed by atoms with E-state index < -0.39 is 0 Å². The molecular weight excluding hydrogens is 304 g/mol. The maximum atomic E-state index is 10.6. The third-order valence-electron chi connectivity index (χ3n) is 4.46. The van der Waals surface area contributed by atoms with E-state index in [9.17, 15) is 5.11 Å². The van der Waals surface area contributed by atoms with Crippen LogP contribution in [0.1, 0.15) is 44.6 Å². The van der Waals surface area contributed by atoms with E-state index in [0.717, 1.165) is 28.6 Å². The Morgan fingerprint density at radius 2 is 2.00 bits per heavy atom. The van der Waals surface area contributed by atoms with Gasteiger partial charge in [-0.2, -0.15) is 0 Å². The zero-order chi connectivity index (χ0) is 13.9. The molecule has 0 heterocycles. The lowest BCUT2D eigenvalue weighted by Crippen LogP contribution is -2.35. The highest BCUT2D eigenvalue weighted by Crippen LogP contribution is 2.40. The van der Waals surface area contributed by atoms with Gasteiger partial charge in [-0.25, -0.2) is 0 Å². The number of hydrogen-bond acceptors (Lipinski definition) is 2. The highest BCUT2D eigenvalue weighted by molar-refractivity contribution is 9.10. The Labute approximate surface area is 124 Å². The van der Waals surface area contributed by atoms with Gasteiger partial charge < -0.3 is 9.84 Å². The summed E-state index contributed by atoms with van der Waals surface area (Å²) < 4.78 is 6.42. The number of methoxy groups -OCH3 is 1. The summed E-state index contributed by atoms with van der Waals surface area (Å²) in [4.78, 5) is 0. The average Bonchev–Trinajstić information content (AvgIpc) is 2.40. The van der Waals surface area contributed by atoms with Crippen molar-refractivity contribution in [3.63, 3.8) is 0 Å². The molecule has 1 unspecified atom stereocenters. The average molecular weight is 327 g/mol. The molecule has 19 heavy (non-hydrogen) atoms. The molecule has 0 bridgehead atoms. The molecule has 0 aromatic heterocycles. The van der Waals surface area contributed by atoms with Crippen molar-refractivity contribution < 1.29 is 9.84 Å². The van der Waals surface area contributed by atoms with E-state index in [2.05, 4.69) is 22.9 Å². The third-order valence-corrected chi connectivity index (χ3v) is 4.95. The van der Waals surface area contributed by atoms with Crippen molar-refractivity contribution in [1.29, 1.82) is 0 Å². The van der Waals surface area contributed by atoms with Crippen LogP contribution in [0.2, 0.25) is 0 Å². The first-order chi connectivity index (χ1) is 9.05. The first kappa shape index (κ1) is 14.9. The van der Waals surface area contributed by atoms with Crippen LogP contribution in [0.4, 0.5) is 0 Å². The van der Waals surface area contributed by atoms with Crippen LogP contribution < -0.4 is 4.74 Å². The summed E-state index contributed by atoms with van der Waals surface area (Å²) in [5.41, 5.74) is 1.14. The van der Waals surface area contributed by atoms with Crippen molar-refractivity contribution in [2.75, 3.05) is 7.11 Å². The second-order valence-corrected chi connectivity index (χ2v) is 6.81. The topological polar surface area (TPSA) is 29.5 Å². The van der Waals surface area contributed by atoms with Crippen LogP contribution in [0.25, 0.3) is 0 Å². The van der Waals surface area contributed by atoms with Crippen LogP contribution >= 0.6 is 15.9 Å². The zero-order valence-electron chi connectivity index (χ0n) is 11.8. The normalized spacial score (nSPS) is 20.0. The smallest absolute Gasteiger partial charge is 0.122 e. The molecule has 0 aliphatic heterocycles. The molecular formula is C16H23BrO2. The molecule has 1 saturated carbocycles.